The van der Waals surface area contributed by atoms with Gasteiger partial charge in [0, 0.05) is 19.3 Å². The standard InChI is InChI=1S/C21H28N4O3/c1-3-18(20-24(2)11-6-12-28-20)25(27)23-21(26)22-19-16-9-4-7-14(16)13-15-8-5-10-17(15)19/h3,13,27H,1,4-12H2,2H3,(H2,22,23,26)/b20-18-. The Hall–Kier alpha value is -2.67. The Morgan fingerprint density at radius 2 is 1.89 bits per heavy atom. The zero-order valence-corrected chi connectivity index (χ0v) is 16.4. The van der Waals surface area contributed by atoms with E-state index in [4.69, 9.17) is 4.74 Å². The summed E-state index contributed by atoms with van der Waals surface area (Å²) in [6, 6.07) is 1.85. The Morgan fingerprint density at radius 3 is 2.50 bits per heavy atom. The lowest BCUT2D eigenvalue weighted by atomic mass is 9.99. The fraction of sp³-hybridized carbons (Fsp3) is 0.476. The van der Waals surface area contributed by atoms with E-state index in [0.29, 0.717) is 23.4 Å². The van der Waals surface area contributed by atoms with Gasteiger partial charge in [0.15, 0.2) is 0 Å². The molecule has 1 heterocycles. The molecular formula is C21H28N4O3. The maximum Gasteiger partial charge on any atom is 0.339 e. The number of hydroxylamine groups is 1. The van der Waals surface area contributed by atoms with Crippen molar-refractivity contribution in [1.29, 1.82) is 0 Å². The number of carbonyl (C=O) groups excluding carboxylic acids is 1. The number of hydrazine groups is 1. The van der Waals surface area contributed by atoms with Gasteiger partial charge in [0.25, 0.3) is 0 Å². The van der Waals surface area contributed by atoms with Crippen LogP contribution in [0.3, 0.4) is 0 Å². The van der Waals surface area contributed by atoms with Gasteiger partial charge in [-0.25, -0.2) is 10.2 Å². The molecule has 28 heavy (non-hydrogen) atoms. The molecule has 7 heteroatoms. The highest BCUT2D eigenvalue weighted by Crippen LogP contribution is 2.38. The number of nitrogens with zero attached hydrogens (tertiary/aromatic N) is 2. The summed E-state index contributed by atoms with van der Waals surface area (Å²) in [7, 11) is 1.88. The molecule has 7 nitrogen and oxygen atoms in total. The highest BCUT2D eigenvalue weighted by molar-refractivity contribution is 5.91. The van der Waals surface area contributed by atoms with Gasteiger partial charge in [0.1, 0.15) is 5.70 Å². The molecule has 0 unspecified atom stereocenters. The van der Waals surface area contributed by atoms with Crippen molar-refractivity contribution in [2.75, 3.05) is 25.5 Å². The topological polar surface area (TPSA) is 77.1 Å². The SMILES string of the molecule is C=C/C(=C1/OCCCN1C)N(O)NC(=O)Nc1c2c(cc3c1CCC3)CCC2. The summed E-state index contributed by atoms with van der Waals surface area (Å²) < 4.78 is 5.65. The third kappa shape index (κ3) is 3.42. The molecule has 150 valence electrons. The second-order valence-corrected chi connectivity index (χ2v) is 7.63. The van der Waals surface area contributed by atoms with Gasteiger partial charge in [-0.05, 0) is 73.3 Å². The highest BCUT2D eigenvalue weighted by atomic mass is 16.6. The zero-order valence-electron chi connectivity index (χ0n) is 16.4. The van der Waals surface area contributed by atoms with Crippen LogP contribution < -0.4 is 10.7 Å². The van der Waals surface area contributed by atoms with Crippen LogP contribution in [-0.2, 0) is 30.4 Å². The van der Waals surface area contributed by atoms with Gasteiger partial charge in [-0.2, -0.15) is 5.17 Å². The number of anilines is 1. The van der Waals surface area contributed by atoms with Crippen molar-refractivity contribution in [3.05, 3.63) is 52.6 Å². The highest BCUT2D eigenvalue weighted by Gasteiger charge is 2.26. The minimum atomic E-state index is -0.477. The molecule has 1 aliphatic heterocycles. The lowest BCUT2D eigenvalue weighted by molar-refractivity contribution is -0.0925. The van der Waals surface area contributed by atoms with Crippen molar-refractivity contribution in [2.24, 2.45) is 0 Å². The van der Waals surface area contributed by atoms with Crippen LogP contribution in [-0.4, -0.2) is 41.5 Å². The lowest BCUT2D eigenvalue weighted by Gasteiger charge is -2.31. The molecule has 3 N–H and O–H groups in total. The summed E-state index contributed by atoms with van der Waals surface area (Å²) in [5, 5.41) is 14.1. The first-order valence-electron chi connectivity index (χ1n) is 10.0. The first-order valence-corrected chi connectivity index (χ1v) is 10.0. The monoisotopic (exact) mass is 384 g/mol. The number of urea groups is 1. The van der Waals surface area contributed by atoms with E-state index in [-0.39, 0.29) is 0 Å². The Morgan fingerprint density at radius 1 is 1.21 bits per heavy atom. The predicted molar refractivity (Wildman–Crippen MR) is 107 cm³/mol. The van der Waals surface area contributed by atoms with E-state index in [9.17, 15) is 10.0 Å². The van der Waals surface area contributed by atoms with E-state index in [2.05, 4.69) is 23.4 Å². The normalized spacial score (nSPS) is 19.4. The molecule has 0 atom stereocenters. The van der Waals surface area contributed by atoms with E-state index in [1.54, 1.807) is 0 Å². The zero-order chi connectivity index (χ0) is 19.7. The number of nitrogens with one attached hydrogen (secondary N) is 2. The molecule has 2 aliphatic carbocycles. The Kier molecular flexibility index (Phi) is 5.17. The molecule has 4 rings (SSSR count). The summed E-state index contributed by atoms with van der Waals surface area (Å²) in [6.45, 7) is 5.12. The van der Waals surface area contributed by atoms with Crippen LogP contribution in [0.5, 0.6) is 0 Å². The van der Waals surface area contributed by atoms with Crippen molar-refractivity contribution in [2.45, 2.75) is 44.9 Å². The number of amides is 2. The van der Waals surface area contributed by atoms with Crippen LogP contribution in [0.2, 0.25) is 0 Å². The van der Waals surface area contributed by atoms with Crippen molar-refractivity contribution in [1.82, 2.24) is 15.5 Å². The smallest absolute Gasteiger partial charge is 0.339 e. The van der Waals surface area contributed by atoms with Gasteiger partial charge in [-0.1, -0.05) is 12.6 Å². The van der Waals surface area contributed by atoms with Gasteiger partial charge in [-0.15, -0.1) is 0 Å². The minimum Gasteiger partial charge on any atom is -0.477 e. The van der Waals surface area contributed by atoms with Crippen molar-refractivity contribution >= 4 is 11.7 Å². The molecule has 0 aromatic heterocycles. The van der Waals surface area contributed by atoms with Crippen LogP contribution in [0, 0.1) is 0 Å². The van der Waals surface area contributed by atoms with Crippen molar-refractivity contribution in [3.63, 3.8) is 0 Å². The molecule has 0 radical (unpaired) electrons. The van der Waals surface area contributed by atoms with Crippen LogP contribution in [0.15, 0.2) is 30.3 Å². The Labute approximate surface area is 165 Å². The van der Waals surface area contributed by atoms with Crippen LogP contribution in [0.4, 0.5) is 10.5 Å². The first kappa shape index (κ1) is 18.7. The number of allylic oxidation sites excluding steroid dienone is 1. The average molecular weight is 384 g/mol. The van der Waals surface area contributed by atoms with Crippen LogP contribution in [0.1, 0.15) is 41.5 Å². The fourth-order valence-corrected chi connectivity index (χ4v) is 4.48. The van der Waals surface area contributed by atoms with Gasteiger partial charge in [-0.3, -0.25) is 5.21 Å². The second-order valence-electron chi connectivity index (χ2n) is 7.63. The number of carbonyl (C=O) groups is 1. The quantitative estimate of drug-likeness (QED) is 0.696. The molecule has 3 aliphatic rings. The third-order valence-corrected chi connectivity index (χ3v) is 5.78. The number of hydrogen-bond donors (Lipinski definition) is 3. The van der Waals surface area contributed by atoms with E-state index >= 15 is 0 Å². The van der Waals surface area contributed by atoms with E-state index in [1.807, 2.05) is 11.9 Å². The van der Waals surface area contributed by atoms with Gasteiger partial charge in [0.05, 0.1) is 6.61 Å². The fourth-order valence-electron chi connectivity index (χ4n) is 4.48. The van der Waals surface area contributed by atoms with E-state index in [1.165, 1.54) is 28.3 Å². The number of rotatable bonds is 4. The van der Waals surface area contributed by atoms with E-state index in [0.717, 1.165) is 57.2 Å². The molecule has 0 spiro atoms. The summed E-state index contributed by atoms with van der Waals surface area (Å²) >= 11 is 0. The molecule has 1 aromatic rings. The molecule has 1 saturated heterocycles. The third-order valence-electron chi connectivity index (χ3n) is 5.78. The lowest BCUT2D eigenvalue weighted by Crippen LogP contribution is -2.43. The second kappa shape index (κ2) is 7.75. The van der Waals surface area contributed by atoms with Gasteiger partial charge in [0.2, 0.25) is 5.88 Å². The van der Waals surface area contributed by atoms with Crippen LogP contribution in [0.25, 0.3) is 0 Å². The minimum absolute atomic E-state index is 0.306. The summed E-state index contributed by atoms with van der Waals surface area (Å²) in [5.41, 5.74) is 8.92. The largest absolute Gasteiger partial charge is 0.477 e. The maximum atomic E-state index is 12.7. The van der Waals surface area contributed by atoms with Gasteiger partial charge >= 0.3 is 6.03 Å². The number of fused-ring (bicyclic) bond motifs is 2. The number of hydrogen-bond acceptors (Lipinski definition) is 5. The van der Waals surface area contributed by atoms with E-state index < -0.39 is 6.03 Å². The number of benzene rings is 1. The summed E-state index contributed by atoms with van der Waals surface area (Å²) in [5.74, 6) is 0.491. The predicted octanol–water partition coefficient (Wildman–Crippen LogP) is 3.10. The molecule has 1 fully saturated rings. The number of aryl methyl sites for hydroxylation is 2. The van der Waals surface area contributed by atoms with Crippen LogP contribution >= 0.6 is 0 Å². The molecule has 0 saturated carbocycles. The Balaban J connectivity index is 1.52. The summed E-state index contributed by atoms with van der Waals surface area (Å²) in [6.07, 6.45) is 8.74. The molecule has 1 aromatic carbocycles. The molecule has 2 amide bonds. The Bertz CT molecular complexity index is 801. The van der Waals surface area contributed by atoms with Gasteiger partial charge < -0.3 is 15.0 Å². The van der Waals surface area contributed by atoms with Crippen molar-refractivity contribution < 1.29 is 14.7 Å². The maximum absolute atomic E-state index is 12.7. The first-order chi connectivity index (χ1) is 13.6. The number of ether oxygens (including phenoxy) is 1. The molecule has 0 bridgehead atoms. The van der Waals surface area contributed by atoms with Crippen molar-refractivity contribution in [3.8, 4) is 0 Å². The average Bonchev–Trinajstić information content (AvgIpc) is 3.32. The summed E-state index contributed by atoms with van der Waals surface area (Å²) in [4.78, 5) is 14.6. The molecular weight excluding hydrogens is 356 g/mol.